The molecule has 31 heavy (non-hydrogen) atoms. The normalized spacial score (nSPS) is 24.5. The fourth-order valence-corrected chi connectivity index (χ4v) is 6.18. The number of hydrogen-bond donors (Lipinski definition) is 0. The van der Waals surface area contributed by atoms with Gasteiger partial charge in [0, 0.05) is 36.1 Å². The number of carbonyl (C=O) groups excluding carboxylic acids is 1. The topological polar surface area (TPSA) is 94.2 Å². The van der Waals surface area contributed by atoms with E-state index in [2.05, 4.69) is 4.68 Å². The Morgan fingerprint density at radius 3 is 2.71 bits per heavy atom. The Hall–Kier alpha value is -2.77. The first-order valence-corrected chi connectivity index (χ1v) is 11.6. The number of carbonyl (C=O) groups is 1. The first kappa shape index (κ1) is 20.2. The van der Waals surface area contributed by atoms with E-state index >= 15 is 0 Å². The number of hydrogen-bond acceptors (Lipinski definition) is 5. The third-order valence-electron chi connectivity index (χ3n) is 7.58. The van der Waals surface area contributed by atoms with Crippen molar-refractivity contribution in [2.75, 3.05) is 4.90 Å². The molecule has 0 bridgehead atoms. The van der Waals surface area contributed by atoms with Crippen LogP contribution in [-0.2, 0) is 12.0 Å². The molecule has 2 fully saturated rings. The molecule has 1 spiro atoms. The van der Waals surface area contributed by atoms with Gasteiger partial charge in [-0.3, -0.25) is 19.8 Å². The number of rotatable bonds is 3. The van der Waals surface area contributed by atoms with Gasteiger partial charge >= 0.3 is 0 Å². The second-order valence-electron chi connectivity index (χ2n) is 9.20. The van der Waals surface area contributed by atoms with E-state index in [0.29, 0.717) is 23.9 Å². The molecule has 0 N–H and O–H groups in total. The van der Waals surface area contributed by atoms with Crippen LogP contribution in [0.15, 0.2) is 24.3 Å². The maximum absolute atomic E-state index is 13.8. The van der Waals surface area contributed by atoms with Gasteiger partial charge in [0.2, 0.25) is 5.95 Å². The molecule has 5 rings (SSSR count). The van der Waals surface area contributed by atoms with Crippen molar-refractivity contribution in [3.05, 3.63) is 45.8 Å². The van der Waals surface area contributed by atoms with Crippen molar-refractivity contribution in [1.29, 1.82) is 0 Å². The summed E-state index contributed by atoms with van der Waals surface area (Å²) in [5.41, 5.74) is 0.215. The molecule has 0 unspecified atom stereocenters. The first-order valence-electron chi connectivity index (χ1n) is 11.6. The Labute approximate surface area is 181 Å². The summed E-state index contributed by atoms with van der Waals surface area (Å²) in [4.78, 5) is 31.3. The highest BCUT2D eigenvalue weighted by Crippen LogP contribution is 2.53. The van der Waals surface area contributed by atoms with E-state index in [1.165, 1.54) is 37.8 Å². The standard InChI is InChI=1S/C23H29N5O3/c1-2-20-24-22-26(21(29)16-9-8-10-17(15-16)28(30)31)19-12-5-4-11-18(19)23(27(22)25-20)13-6-3-7-14-23/h8-10,15,18-19H,2-7,11-14H2,1H3/t18-,19+/m1/s1. The highest BCUT2D eigenvalue weighted by molar-refractivity contribution is 6.06. The largest absolute Gasteiger partial charge is 0.273 e. The van der Waals surface area contributed by atoms with Crippen molar-refractivity contribution < 1.29 is 9.72 Å². The molecule has 2 heterocycles. The number of aryl methyl sites for hydroxylation is 1. The van der Waals surface area contributed by atoms with Crippen LogP contribution in [0.25, 0.3) is 0 Å². The van der Waals surface area contributed by atoms with Crippen LogP contribution in [-0.4, -0.2) is 31.6 Å². The molecule has 3 aliphatic rings. The molecule has 2 saturated carbocycles. The van der Waals surface area contributed by atoms with E-state index in [0.717, 1.165) is 37.9 Å². The summed E-state index contributed by atoms with van der Waals surface area (Å²) in [6.07, 6.45) is 10.8. The Bertz CT molecular complexity index is 1010. The number of amides is 1. The van der Waals surface area contributed by atoms with Crippen LogP contribution in [0, 0.1) is 16.0 Å². The molecule has 2 aliphatic carbocycles. The maximum Gasteiger partial charge on any atom is 0.270 e. The number of benzene rings is 1. The summed E-state index contributed by atoms with van der Waals surface area (Å²) in [6.45, 7) is 2.04. The summed E-state index contributed by atoms with van der Waals surface area (Å²) in [6, 6.07) is 6.12. The molecule has 2 atom stereocenters. The molecule has 164 valence electrons. The molecular formula is C23H29N5O3. The minimum atomic E-state index is -0.453. The molecule has 2 aromatic rings. The second kappa shape index (κ2) is 7.73. The van der Waals surface area contributed by atoms with Gasteiger partial charge < -0.3 is 0 Å². The van der Waals surface area contributed by atoms with Crippen molar-refractivity contribution in [2.24, 2.45) is 5.92 Å². The average Bonchev–Trinajstić information content (AvgIpc) is 3.25. The lowest BCUT2D eigenvalue weighted by atomic mass is 9.64. The average molecular weight is 424 g/mol. The van der Waals surface area contributed by atoms with Gasteiger partial charge in [-0.2, -0.15) is 10.1 Å². The zero-order chi connectivity index (χ0) is 21.6. The zero-order valence-electron chi connectivity index (χ0n) is 18.0. The summed E-state index contributed by atoms with van der Waals surface area (Å²) >= 11 is 0. The molecule has 0 saturated heterocycles. The van der Waals surface area contributed by atoms with Gasteiger partial charge in [-0.15, -0.1) is 0 Å². The zero-order valence-corrected chi connectivity index (χ0v) is 18.0. The minimum absolute atomic E-state index is 0.0570. The quantitative estimate of drug-likeness (QED) is 0.530. The fraction of sp³-hybridized carbons (Fsp3) is 0.609. The predicted octanol–water partition coefficient (Wildman–Crippen LogP) is 4.63. The van der Waals surface area contributed by atoms with Gasteiger partial charge in [0.25, 0.3) is 11.6 Å². The number of fused-ring (bicyclic) bond motifs is 4. The van der Waals surface area contributed by atoms with Crippen molar-refractivity contribution in [3.63, 3.8) is 0 Å². The molecule has 8 heteroatoms. The number of aromatic nitrogens is 3. The van der Waals surface area contributed by atoms with Crippen molar-refractivity contribution in [1.82, 2.24) is 14.8 Å². The highest BCUT2D eigenvalue weighted by Gasteiger charge is 2.55. The molecule has 1 aromatic heterocycles. The van der Waals surface area contributed by atoms with E-state index < -0.39 is 4.92 Å². The lowest BCUT2D eigenvalue weighted by Crippen LogP contribution is -2.61. The van der Waals surface area contributed by atoms with Gasteiger partial charge in [0.1, 0.15) is 0 Å². The third-order valence-corrected chi connectivity index (χ3v) is 7.58. The van der Waals surface area contributed by atoms with E-state index in [9.17, 15) is 14.9 Å². The number of nitrogens with zero attached hydrogens (tertiary/aromatic N) is 5. The molecule has 8 nitrogen and oxygen atoms in total. The van der Waals surface area contributed by atoms with E-state index in [4.69, 9.17) is 10.1 Å². The van der Waals surface area contributed by atoms with Crippen molar-refractivity contribution in [2.45, 2.75) is 82.7 Å². The molecular weight excluding hydrogens is 394 g/mol. The maximum atomic E-state index is 13.8. The lowest BCUT2D eigenvalue weighted by Gasteiger charge is -2.55. The van der Waals surface area contributed by atoms with Crippen LogP contribution in [0.2, 0.25) is 0 Å². The molecule has 1 aromatic carbocycles. The Morgan fingerprint density at radius 2 is 1.97 bits per heavy atom. The smallest absolute Gasteiger partial charge is 0.270 e. The predicted molar refractivity (Wildman–Crippen MR) is 116 cm³/mol. The highest BCUT2D eigenvalue weighted by atomic mass is 16.6. The Morgan fingerprint density at radius 1 is 1.19 bits per heavy atom. The van der Waals surface area contributed by atoms with Crippen LogP contribution in [0.4, 0.5) is 11.6 Å². The number of nitro benzene ring substituents is 1. The molecule has 0 radical (unpaired) electrons. The Kier molecular flexibility index (Phi) is 5.02. The monoisotopic (exact) mass is 423 g/mol. The van der Waals surface area contributed by atoms with Crippen LogP contribution in [0.1, 0.15) is 80.9 Å². The van der Waals surface area contributed by atoms with Gasteiger partial charge in [0.05, 0.1) is 10.5 Å². The second-order valence-corrected chi connectivity index (χ2v) is 9.20. The summed E-state index contributed by atoms with van der Waals surface area (Å²) in [5.74, 6) is 1.54. The van der Waals surface area contributed by atoms with Crippen LogP contribution in [0.3, 0.4) is 0 Å². The summed E-state index contributed by atoms with van der Waals surface area (Å²) < 4.78 is 2.09. The summed E-state index contributed by atoms with van der Waals surface area (Å²) in [5, 5.41) is 16.2. The van der Waals surface area contributed by atoms with E-state index in [1.54, 1.807) is 12.1 Å². The van der Waals surface area contributed by atoms with Gasteiger partial charge in [0.15, 0.2) is 5.82 Å². The molecule has 1 amide bonds. The van der Waals surface area contributed by atoms with E-state index in [-0.39, 0.29) is 23.2 Å². The minimum Gasteiger partial charge on any atom is -0.273 e. The number of non-ortho nitro benzene ring substituents is 1. The third kappa shape index (κ3) is 3.15. The molecule has 1 aliphatic heterocycles. The van der Waals surface area contributed by atoms with Crippen molar-refractivity contribution in [3.8, 4) is 0 Å². The number of anilines is 1. The summed E-state index contributed by atoms with van der Waals surface area (Å²) in [7, 11) is 0. The van der Waals surface area contributed by atoms with Crippen molar-refractivity contribution >= 4 is 17.5 Å². The SMILES string of the molecule is CCc1nc2n(n1)C1(CCCCC1)[C@@H]1CCCC[C@@H]1N2C(=O)c1cccc([N+](=O)[O-])c1. The van der Waals surface area contributed by atoms with Gasteiger partial charge in [-0.05, 0) is 31.7 Å². The van der Waals surface area contributed by atoms with Gasteiger partial charge in [-0.25, -0.2) is 4.68 Å². The van der Waals surface area contributed by atoms with E-state index in [1.807, 2.05) is 11.8 Å². The van der Waals surface area contributed by atoms with Gasteiger partial charge in [-0.1, -0.05) is 45.1 Å². The lowest BCUT2D eigenvalue weighted by molar-refractivity contribution is -0.384. The first-order chi connectivity index (χ1) is 15.0. The van der Waals surface area contributed by atoms with Crippen LogP contribution < -0.4 is 4.90 Å². The van der Waals surface area contributed by atoms with Crippen LogP contribution in [0.5, 0.6) is 0 Å². The Balaban J connectivity index is 1.65. The fourth-order valence-electron chi connectivity index (χ4n) is 6.18. The number of nitro groups is 1. The van der Waals surface area contributed by atoms with Crippen LogP contribution >= 0.6 is 0 Å².